The summed E-state index contributed by atoms with van der Waals surface area (Å²) in [6.07, 6.45) is 4.55. The lowest BCUT2D eigenvalue weighted by atomic mass is 10.1. The fourth-order valence-corrected chi connectivity index (χ4v) is 2.82. The van der Waals surface area contributed by atoms with Crippen LogP contribution in [-0.2, 0) is 16.0 Å². The Kier molecular flexibility index (Phi) is 3.49. The summed E-state index contributed by atoms with van der Waals surface area (Å²) in [4.78, 5) is 16.5. The molecule has 0 radical (unpaired) electrons. The number of aryl methyl sites for hydroxylation is 1. The monoisotopic (exact) mass is 290 g/mol. The average Bonchev–Trinajstić information content (AvgIpc) is 2.90. The van der Waals surface area contributed by atoms with E-state index in [2.05, 4.69) is 4.98 Å². The lowest BCUT2D eigenvalue weighted by Gasteiger charge is -2.22. The highest BCUT2D eigenvalue weighted by molar-refractivity contribution is 6.30. The molecular weight excluding hydrogens is 276 g/mol. The fraction of sp³-hybridized carbons (Fsp3) is 0.333. The van der Waals surface area contributed by atoms with Gasteiger partial charge in [0.15, 0.2) is 0 Å². The number of halogens is 1. The second-order valence-corrected chi connectivity index (χ2v) is 5.33. The summed E-state index contributed by atoms with van der Waals surface area (Å²) in [7, 11) is 1.42. The first kappa shape index (κ1) is 13.2. The number of fused-ring (bicyclic) bond motifs is 1. The van der Waals surface area contributed by atoms with Crippen molar-refractivity contribution in [2.24, 2.45) is 0 Å². The van der Waals surface area contributed by atoms with Crippen molar-refractivity contribution in [2.45, 2.75) is 25.3 Å². The van der Waals surface area contributed by atoms with Crippen molar-refractivity contribution in [3.63, 3.8) is 0 Å². The van der Waals surface area contributed by atoms with Crippen molar-refractivity contribution in [3.05, 3.63) is 41.3 Å². The minimum atomic E-state index is -0.260. The van der Waals surface area contributed by atoms with Gasteiger partial charge in [0.1, 0.15) is 11.9 Å². The molecule has 0 amide bonds. The second-order valence-electron chi connectivity index (χ2n) is 4.89. The van der Waals surface area contributed by atoms with Gasteiger partial charge in [0.25, 0.3) is 0 Å². The van der Waals surface area contributed by atoms with E-state index in [0.29, 0.717) is 5.02 Å². The van der Waals surface area contributed by atoms with Crippen LogP contribution in [0.15, 0.2) is 30.5 Å². The van der Waals surface area contributed by atoms with E-state index in [4.69, 9.17) is 16.3 Å². The first-order valence-electron chi connectivity index (χ1n) is 6.60. The molecule has 2 heterocycles. The number of benzene rings is 1. The molecule has 5 heteroatoms. The molecule has 0 fully saturated rings. The van der Waals surface area contributed by atoms with Gasteiger partial charge < -0.3 is 9.30 Å². The van der Waals surface area contributed by atoms with Crippen LogP contribution in [0.25, 0.3) is 11.3 Å². The summed E-state index contributed by atoms with van der Waals surface area (Å²) in [6, 6.07) is 7.31. The molecule has 1 aliphatic heterocycles. The van der Waals surface area contributed by atoms with E-state index in [-0.39, 0.29) is 12.0 Å². The maximum atomic E-state index is 11.8. The van der Waals surface area contributed by atoms with Gasteiger partial charge in [0, 0.05) is 23.2 Å². The fourth-order valence-electron chi connectivity index (χ4n) is 2.63. The molecule has 4 nitrogen and oxygen atoms in total. The van der Waals surface area contributed by atoms with E-state index >= 15 is 0 Å². The number of imidazole rings is 1. The molecule has 1 unspecified atom stereocenters. The van der Waals surface area contributed by atoms with E-state index in [1.165, 1.54) is 7.11 Å². The number of esters is 1. The number of methoxy groups -OCH3 is 1. The molecule has 0 N–H and O–H groups in total. The average molecular weight is 291 g/mol. The highest BCUT2D eigenvalue weighted by Crippen LogP contribution is 2.30. The third-order valence-corrected chi connectivity index (χ3v) is 3.85. The number of hydrogen-bond donors (Lipinski definition) is 0. The molecule has 104 valence electrons. The molecule has 0 saturated carbocycles. The van der Waals surface area contributed by atoms with Crippen LogP contribution in [0, 0.1) is 0 Å². The van der Waals surface area contributed by atoms with E-state index in [1.807, 2.05) is 35.0 Å². The summed E-state index contributed by atoms with van der Waals surface area (Å²) in [5.41, 5.74) is 1.81. The van der Waals surface area contributed by atoms with Crippen LogP contribution in [0.1, 0.15) is 24.7 Å². The lowest BCUT2D eigenvalue weighted by molar-refractivity contribution is -0.145. The summed E-state index contributed by atoms with van der Waals surface area (Å²) in [5.74, 6) is 0.725. The molecule has 0 bridgehead atoms. The van der Waals surface area contributed by atoms with Crippen LogP contribution in [0.2, 0.25) is 5.02 Å². The van der Waals surface area contributed by atoms with Gasteiger partial charge >= 0.3 is 5.97 Å². The van der Waals surface area contributed by atoms with Gasteiger partial charge in [-0.2, -0.15) is 0 Å². The Bertz CT molecular complexity index is 651. The third-order valence-electron chi connectivity index (χ3n) is 3.62. The molecule has 20 heavy (non-hydrogen) atoms. The Hall–Kier alpha value is -1.81. The molecule has 0 aliphatic carbocycles. The summed E-state index contributed by atoms with van der Waals surface area (Å²) >= 11 is 6.01. The molecular formula is C15H15ClN2O2. The Morgan fingerprint density at radius 3 is 3.10 bits per heavy atom. The molecule has 2 aromatic rings. The summed E-state index contributed by atoms with van der Waals surface area (Å²) in [6.45, 7) is 0. The molecule has 0 spiro atoms. The number of aromatic nitrogens is 2. The zero-order chi connectivity index (χ0) is 14.1. The predicted octanol–water partition coefficient (Wildman–Crippen LogP) is 3.25. The normalized spacial score (nSPS) is 17.6. The van der Waals surface area contributed by atoms with Crippen molar-refractivity contribution in [2.75, 3.05) is 7.11 Å². The largest absolute Gasteiger partial charge is 0.467 e. The SMILES string of the molecule is COC(=O)C1CCCc2nc(-c3cccc(Cl)c3)cn21. The standard InChI is InChI=1S/C15H15ClN2O2/c1-20-15(19)13-6-3-7-14-17-12(9-18(13)14)10-4-2-5-11(16)8-10/h2,4-5,8-9,13H,3,6-7H2,1H3. The van der Waals surface area contributed by atoms with Crippen molar-refractivity contribution in [1.82, 2.24) is 9.55 Å². The molecule has 1 atom stereocenters. The van der Waals surface area contributed by atoms with Gasteiger partial charge in [0.05, 0.1) is 12.8 Å². The van der Waals surface area contributed by atoms with Crippen LogP contribution in [0.3, 0.4) is 0 Å². The van der Waals surface area contributed by atoms with Gasteiger partial charge in [-0.25, -0.2) is 9.78 Å². The number of carbonyl (C=O) groups excluding carboxylic acids is 1. The maximum absolute atomic E-state index is 11.8. The van der Waals surface area contributed by atoms with E-state index < -0.39 is 0 Å². The van der Waals surface area contributed by atoms with Gasteiger partial charge in [-0.3, -0.25) is 0 Å². The molecule has 0 saturated heterocycles. The Morgan fingerprint density at radius 2 is 2.35 bits per heavy atom. The summed E-state index contributed by atoms with van der Waals surface area (Å²) < 4.78 is 6.81. The lowest BCUT2D eigenvalue weighted by Crippen LogP contribution is -2.25. The quantitative estimate of drug-likeness (QED) is 0.798. The summed E-state index contributed by atoms with van der Waals surface area (Å²) in [5, 5.41) is 0.679. The first-order chi connectivity index (χ1) is 9.69. The van der Waals surface area contributed by atoms with Crippen molar-refractivity contribution < 1.29 is 9.53 Å². The molecule has 1 aromatic carbocycles. The van der Waals surface area contributed by atoms with E-state index in [0.717, 1.165) is 36.3 Å². The Balaban J connectivity index is 2.01. The number of rotatable bonds is 2. The smallest absolute Gasteiger partial charge is 0.328 e. The minimum Gasteiger partial charge on any atom is -0.467 e. The number of nitrogens with zero attached hydrogens (tertiary/aromatic N) is 2. The van der Waals surface area contributed by atoms with Gasteiger partial charge in [-0.05, 0) is 25.0 Å². The van der Waals surface area contributed by atoms with Crippen LogP contribution >= 0.6 is 11.6 Å². The topological polar surface area (TPSA) is 44.1 Å². The van der Waals surface area contributed by atoms with Crippen molar-refractivity contribution >= 4 is 17.6 Å². The van der Waals surface area contributed by atoms with E-state index in [1.54, 1.807) is 0 Å². The Morgan fingerprint density at radius 1 is 1.50 bits per heavy atom. The maximum Gasteiger partial charge on any atom is 0.328 e. The number of ether oxygens (including phenoxy) is 1. The highest BCUT2D eigenvalue weighted by atomic mass is 35.5. The molecule has 1 aliphatic rings. The van der Waals surface area contributed by atoms with E-state index in [9.17, 15) is 4.79 Å². The minimum absolute atomic E-state index is 0.207. The molecule has 1 aromatic heterocycles. The third kappa shape index (κ3) is 2.31. The zero-order valence-corrected chi connectivity index (χ0v) is 11.9. The van der Waals surface area contributed by atoms with Gasteiger partial charge in [-0.15, -0.1) is 0 Å². The van der Waals surface area contributed by atoms with Crippen LogP contribution in [0.5, 0.6) is 0 Å². The van der Waals surface area contributed by atoms with Crippen LogP contribution < -0.4 is 0 Å². The van der Waals surface area contributed by atoms with Crippen molar-refractivity contribution in [3.8, 4) is 11.3 Å². The second kappa shape index (κ2) is 5.29. The number of carbonyl (C=O) groups is 1. The van der Waals surface area contributed by atoms with Gasteiger partial charge in [-0.1, -0.05) is 23.7 Å². The van der Waals surface area contributed by atoms with Crippen LogP contribution in [-0.4, -0.2) is 22.6 Å². The van der Waals surface area contributed by atoms with Crippen LogP contribution in [0.4, 0.5) is 0 Å². The first-order valence-corrected chi connectivity index (χ1v) is 6.98. The Labute approximate surface area is 122 Å². The van der Waals surface area contributed by atoms with Crippen molar-refractivity contribution in [1.29, 1.82) is 0 Å². The van der Waals surface area contributed by atoms with Gasteiger partial charge in [0.2, 0.25) is 0 Å². The molecule has 3 rings (SSSR count). The zero-order valence-electron chi connectivity index (χ0n) is 11.2. The highest BCUT2D eigenvalue weighted by Gasteiger charge is 2.28. The number of hydrogen-bond acceptors (Lipinski definition) is 3. The predicted molar refractivity (Wildman–Crippen MR) is 76.7 cm³/mol.